The number of fused-ring (bicyclic) bond motifs is 1. The first-order valence-corrected chi connectivity index (χ1v) is 8.39. The number of allylic oxidation sites excluding steroid dienone is 5. The van der Waals surface area contributed by atoms with Gasteiger partial charge in [0.1, 0.15) is 6.17 Å². The second-order valence-corrected chi connectivity index (χ2v) is 7.25. The molecule has 0 saturated heterocycles. The number of hydrogen-bond acceptors (Lipinski definition) is 2. The van der Waals surface area contributed by atoms with Crippen LogP contribution in [0, 0.1) is 11.3 Å². The van der Waals surface area contributed by atoms with Gasteiger partial charge in [0.2, 0.25) is 0 Å². The summed E-state index contributed by atoms with van der Waals surface area (Å²) in [5.41, 5.74) is 3.98. The van der Waals surface area contributed by atoms with Crippen molar-refractivity contribution in [2.75, 3.05) is 16.8 Å². The molecule has 0 amide bonds. The van der Waals surface area contributed by atoms with Gasteiger partial charge in [0.25, 0.3) is 0 Å². The van der Waals surface area contributed by atoms with E-state index in [0.717, 1.165) is 0 Å². The lowest BCUT2D eigenvalue weighted by Crippen LogP contribution is -2.52. The fraction of sp³-hybridized carbons (Fsp3) is 0.429. The number of nitrogens with zero attached hydrogens (tertiary/aromatic N) is 2. The lowest BCUT2D eigenvalue weighted by Gasteiger charge is -2.45. The van der Waals surface area contributed by atoms with Crippen molar-refractivity contribution in [2.45, 2.75) is 40.8 Å². The van der Waals surface area contributed by atoms with Crippen LogP contribution in [0.4, 0.5) is 11.4 Å². The van der Waals surface area contributed by atoms with E-state index in [0.29, 0.717) is 12.1 Å². The largest absolute Gasteiger partial charge is 0.352 e. The van der Waals surface area contributed by atoms with Crippen molar-refractivity contribution in [2.24, 2.45) is 11.3 Å². The highest BCUT2D eigenvalue weighted by molar-refractivity contribution is 5.79. The Bertz CT molecular complexity index is 622. The third kappa shape index (κ3) is 3.08. The summed E-state index contributed by atoms with van der Waals surface area (Å²) >= 11 is 0. The average Bonchev–Trinajstić information content (AvgIpc) is 2.81. The predicted octanol–water partition coefficient (Wildman–Crippen LogP) is 5.60. The Morgan fingerprint density at radius 1 is 1.17 bits per heavy atom. The van der Waals surface area contributed by atoms with Crippen molar-refractivity contribution < 1.29 is 0 Å². The number of para-hydroxylation sites is 2. The molecule has 0 aromatic heterocycles. The van der Waals surface area contributed by atoms with E-state index >= 15 is 0 Å². The van der Waals surface area contributed by atoms with Gasteiger partial charge in [0.15, 0.2) is 0 Å². The summed E-state index contributed by atoms with van der Waals surface area (Å²) in [5.74, 6) is 0.572. The monoisotopic (exact) mass is 310 g/mol. The molecule has 0 aliphatic carbocycles. The second-order valence-electron chi connectivity index (χ2n) is 7.25. The summed E-state index contributed by atoms with van der Waals surface area (Å²) in [6.45, 7) is 15.3. The molecule has 0 spiro atoms. The minimum absolute atomic E-state index is 0.144. The van der Waals surface area contributed by atoms with Gasteiger partial charge in [-0.05, 0) is 31.1 Å². The quantitative estimate of drug-likeness (QED) is 0.653. The van der Waals surface area contributed by atoms with Crippen LogP contribution in [-0.2, 0) is 0 Å². The SMILES string of the molecule is C=C/C=C\C=C(/C)N1c2ccccc2N(C)C1C(C)(C)C(C)C. The van der Waals surface area contributed by atoms with Crippen LogP contribution in [0.25, 0.3) is 0 Å². The molecule has 1 aliphatic rings. The van der Waals surface area contributed by atoms with Crippen LogP contribution in [-0.4, -0.2) is 13.2 Å². The molecule has 1 unspecified atom stereocenters. The van der Waals surface area contributed by atoms with Crippen LogP contribution in [0.1, 0.15) is 34.6 Å². The van der Waals surface area contributed by atoms with E-state index in [1.807, 2.05) is 12.2 Å². The molecule has 0 radical (unpaired) electrons. The van der Waals surface area contributed by atoms with Gasteiger partial charge >= 0.3 is 0 Å². The standard InChI is InChI=1S/C21H30N2/c1-8-9-10-13-17(4)23-19-15-12-11-14-18(19)22(7)20(23)21(5,6)16(2)3/h8-16,20H,1H2,2-7H3/b10-9-,17-13+. The molecule has 2 heteroatoms. The van der Waals surface area contributed by atoms with Crippen molar-refractivity contribution in [3.63, 3.8) is 0 Å². The van der Waals surface area contributed by atoms with Crippen LogP contribution >= 0.6 is 0 Å². The highest BCUT2D eigenvalue weighted by atomic mass is 15.4. The van der Waals surface area contributed by atoms with Crippen LogP contribution in [0.5, 0.6) is 0 Å². The van der Waals surface area contributed by atoms with Crippen molar-refractivity contribution in [3.8, 4) is 0 Å². The van der Waals surface area contributed by atoms with Crippen LogP contribution in [0.15, 0.2) is 60.8 Å². The highest BCUT2D eigenvalue weighted by Gasteiger charge is 2.45. The minimum Gasteiger partial charge on any atom is -0.352 e. The van der Waals surface area contributed by atoms with Gasteiger partial charge in [-0.3, -0.25) is 0 Å². The molecule has 0 saturated carbocycles. The molecule has 1 atom stereocenters. The molecule has 2 nitrogen and oxygen atoms in total. The third-order valence-corrected chi connectivity index (χ3v) is 5.25. The molecule has 124 valence electrons. The molecule has 1 heterocycles. The molecule has 0 N–H and O–H groups in total. The van der Waals surface area contributed by atoms with Gasteiger partial charge < -0.3 is 9.80 Å². The Hall–Kier alpha value is -1.96. The predicted molar refractivity (Wildman–Crippen MR) is 103 cm³/mol. The van der Waals surface area contributed by atoms with Crippen LogP contribution in [0.3, 0.4) is 0 Å². The fourth-order valence-corrected chi connectivity index (χ4v) is 3.27. The van der Waals surface area contributed by atoms with Crippen LogP contribution in [0.2, 0.25) is 0 Å². The van der Waals surface area contributed by atoms with Gasteiger partial charge in [0.05, 0.1) is 11.4 Å². The van der Waals surface area contributed by atoms with Gasteiger partial charge in [-0.25, -0.2) is 0 Å². The number of rotatable bonds is 5. The van der Waals surface area contributed by atoms with Crippen LogP contribution < -0.4 is 9.80 Å². The van der Waals surface area contributed by atoms with Crippen molar-refractivity contribution >= 4 is 11.4 Å². The van der Waals surface area contributed by atoms with Gasteiger partial charge in [-0.1, -0.05) is 64.6 Å². The molecule has 1 aliphatic heterocycles. The topological polar surface area (TPSA) is 6.48 Å². The molecule has 0 bridgehead atoms. The van der Waals surface area contributed by atoms with E-state index in [9.17, 15) is 0 Å². The first kappa shape index (κ1) is 17.4. The summed E-state index contributed by atoms with van der Waals surface area (Å²) in [5, 5.41) is 0. The van der Waals surface area contributed by atoms with E-state index in [-0.39, 0.29) is 5.41 Å². The number of benzene rings is 1. The molecular formula is C21H30N2. The Morgan fingerprint density at radius 2 is 1.78 bits per heavy atom. The number of hydrogen-bond donors (Lipinski definition) is 0. The Kier molecular flexibility index (Phi) is 5.03. The lowest BCUT2D eigenvalue weighted by molar-refractivity contribution is 0.195. The summed E-state index contributed by atoms with van der Waals surface area (Å²) in [4.78, 5) is 4.90. The van der Waals surface area contributed by atoms with Crippen molar-refractivity contribution in [1.29, 1.82) is 0 Å². The van der Waals surface area contributed by atoms with E-state index in [1.54, 1.807) is 0 Å². The first-order chi connectivity index (χ1) is 10.8. The van der Waals surface area contributed by atoms with E-state index in [4.69, 9.17) is 0 Å². The zero-order valence-corrected chi connectivity index (χ0v) is 15.4. The number of anilines is 2. The van der Waals surface area contributed by atoms with E-state index in [1.165, 1.54) is 17.1 Å². The Morgan fingerprint density at radius 3 is 2.35 bits per heavy atom. The highest BCUT2D eigenvalue weighted by Crippen LogP contribution is 2.48. The molecule has 23 heavy (non-hydrogen) atoms. The molecule has 1 aromatic rings. The zero-order valence-electron chi connectivity index (χ0n) is 15.4. The fourth-order valence-electron chi connectivity index (χ4n) is 3.27. The normalized spacial score (nSPS) is 18.9. The summed E-state index contributed by atoms with van der Waals surface area (Å²) in [6.07, 6.45) is 8.30. The summed E-state index contributed by atoms with van der Waals surface area (Å²) in [6, 6.07) is 8.68. The lowest BCUT2D eigenvalue weighted by atomic mass is 9.77. The van der Waals surface area contributed by atoms with Gasteiger partial charge in [0, 0.05) is 18.2 Å². The third-order valence-electron chi connectivity index (χ3n) is 5.25. The van der Waals surface area contributed by atoms with Gasteiger partial charge in [-0.2, -0.15) is 0 Å². The first-order valence-electron chi connectivity index (χ1n) is 8.39. The van der Waals surface area contributed by atoms with Gasteiger partial charge in [-0.15, -0.1) is 0 Å². The van der Waals surface area contributed by atoms with E-state index < -0.39 is 0 Å². The van der Waals surface area contributed by atoms with Crippen molar-refractivity contribution in [3.05, 3.63) is 60.8 Å². The molecule has 1 aromatic carbocycles. The smallest absolute Gasteiger partial charge is 0.111 e. The second kappa shape index (κ2) is 6.66. The Balaban J connectivity index is 2.55. The van der Waals surface area contributed by atoms with Crippen molar-refractivity contribution in [1.82, 2.24) is 0 Å². The average molecular weight is 310 g/mol. The zero-order chi connectivity index (χ0) is 17.2. The maximum Gasteiger partial charge on any atom is 0.111 e. The molecular weight excluding hydrogens is 280 g/mol. The summed E-state index contributed by atoms with van der Waals surface area (Å²) < 4.78 is 0. The Labute approximate surface area is 141 Å². The maximum atomic E-state index is 3.74. The van der Waals surface area contributed by atoms with E-state index in [2.05, 4.69) is 94.5 Å². The summed E-state index contributed by atoms with van der Waals surface area (Å²) in [7, 11) is 2.21. The maximum absolute atomic E-state index is 3.74. The minimum atomic E-state index is 0.144. The molecule has 2 rings (SSSR count). The molecule has 0 fully saturated rings.